The molecule has 7 heteroatoms. The van der Waals surface area contributed by atoms with Gasteiger partial charge < -0.3 is 10.2 Å². The van der Waals surface area contributed by atoms with E-state index in [4.69, 9.17) is 0 Å². The predicted molar refractivity (Wildman–Crippen MR) is 88.6 cm³/mol. The van der Waals surface area contributed by atoms with E-state index in [0.717, 1.165) is 43.9 Å². The number of carbonyl (C=O) groups is 1. The van der Waals surface area contributed by atoms with Gasteiger partial charge in [-0.1, -0.05) is 0 Å². The maximum absolute atomic E-state index is 12.5. The third-order valence-electron chi connectivity index (χ3n) is 5.18. The Morgan fingerprint density at radius 3 is 2.78 bits per heavy atom. The van der Waals surface area contributed by atoms with Crippen LogP contribution in [0.25, 0.3) is 0 Å². The van der Waals surface area contributed by atoms with Crippen molar-refractivity contribution in [2.24, 2.45) is 5.92 Å². The van der Waals surface area contributed by atoms with E-state index >= 15 is 0 Å². The topological polar surface area (TPSA) is 81.3 Å². The lowest BCUT2D eigenvalue weighted by molar-refractivity contribution is -0.121. The van der Waals surface area contributed by atoms with Crippen LogP contribution >= 0.6 is 0 Å². The number of nitrogens with zero attached hydrogens (tertiary/aromatic N) is 2. The van der Waals surface area contributed by atoms with E-state index in [-0.39, 0.29) is 11.8 Å². The quantitative estimate of drug-likeness (QED) is 0.659. The monoisotopic (exact) mass is 316 g/mol. The molecule has 0 aromatic carbocycles. The number of nitrogens with one attached hydrogen (secondary N) is 4. The molecule has 2 aliphatic heterocycles. The normalized spacial score (nSPS) is 30.3. The first-order chi connectivity index (χ1) is 11.3. The number of pyridine rings is 1. The maximum atomic E-state index is 12.5. The highest BCUT2D eigenvalue weighted by Gasteiger charge is 2.36. The van der Waals surface area contributed by atoms with Gasteiger partial charge in [-0.25, -0.2) is 15.8 Å². The van der Waals surface area contributed by atoms with Gasteiger partial charge in [0.2, 0.25) is 5.91 Å². The van der Waals surface area contributed by atoms with Crippen molar-refractivity contribution in [1.82, 2.24) is 21.4 Å². The Hall–Kier alpha value is -1.70. The molecule has 1 amide bonds. The van der Waals surface area contributed by atoms with E-state index in [1.165, 1.54) is 12.8 Å². The fourth-order valence-corrected chi connectivity index (χ4v) is 3.81. The van der Waals surface area contributed by atoms with Gasteiger partial charge in [0.1, 0.15) is 5.82 Å². The van der Waals surface area contributed by atoms with Crippen LogP contribution in [-0.2, 0) is 4.79 Å². The summed E-state index contributed by atoms with van der Waals surface area (Å²) in [6.07, 6.45) is 7.03. The first-order valence-corrected chi connectivity index (χ1v) is 8.57. The third kappa shape index (κ3) is 3.17. The van der Waals surface area contributed by atoms with Crippen LogP contribution in [0.1, 0.15) is 32.1 Å². The lowest BCUT2D eigenvalue weighted by atomic mass is 9.82. The summed E-state index contributed by atoms with van der Waals surface area (Å²) in [6.45, 7) is 2.16. The molecule has 3 atom stereocenters. The fraction of sp³-hybridized carbons (Fsp3) is 0.625. The van der Waals surface area contributed by atoms with Crippen molar-refractivity contribution in [2.75, 3.05) is 23.3 Å². The van der Waals surface area contributed by atoms with Gasteiger partial charge in [-0.05, 0) is 44.2 Å². The number of amides is 1. The largest absolute Gasteiger partial charge is 0.357 e. The van der Waals surface area contributed by atoms with E-state index < -0.39 is 0 Å². The molecule has 4 N–H and O–H groups in total. The maximum Gasteiger partial charge on any atom is 0.227 e. The van der Waals surface area contributed by atoms with Gasteiger partial charge in [-0.15, -0.1) is 0 Å². The van der Waals surface area contributed by atoms with Crippen LogP contribution in [0.15, 0.2) is 18.3 Å². The van der Waals surface area contributed by atoms with E-state index in [9.17, 15) is 4.79 Å². The van der Waals surface area contributed by atoms with Gasteiger partial charge in [-0.2, -0.15) is 5.53 Å². The average Bonchev–Trinajstić information content (AvgIpc) is 3.26. The summed E-state index contributed by atoms with van der Waals surface area (Å²) >= 11 is 0. The van der Waals surface area contributed by atoms with Crippen LogP contribution in [0.4, 0.5) is 11.5 Å². The average molecular weight is 316 g/mol. The Labute approximate surface area is 136 Å². The molecule has 2 saturated heterocycles. The molecule has 0 spiro atoms. The number of hydrazine groups is 2. The summed E-state index contributed by atoms with van der Waals surface area (Å²) in [4.78, 5) is 19.3. The third-order valence-corrected chi connectivity index (χ3v) is 5.18. The second-order valence-corrected chi connectivity index (χ2v) is 6.73. The minimum Gasteiger partial charge on any atom is -0.357 e. The molecule has 3 heterocycles. The van der Waals surface area contributed by atoms with Crippen molar-refractivity contribution in [2.45, 2.75) is 44.2 Å². The van der Waals surface area contributed by atoms with Crippen LogP contribution in [0, 0.1) is 5.92 Å². The molecule has 1 aliphatic carbocycles. The molecule has 3 unspecified atom stereocenters. The standard InChI is InChI=1S/C16H24N6O/c23-16(11-3-5-13-14(9-11)20-21-19-13)18-12-4-6-15(17-10-12)22-7-1-2-8-22/h4,6,10-11,13-14,19-21H,1-3,5,7-9H2,(H,18,23). The van der Waals surface area contributed by atoms with Crippen LogP contribution in [0.2, 0.25) is 0 Å². The van der Waals surface area contributed by atoms with Gasteiger partial charge in [0.25, 0.3) is 0 Å². The SMILES string of the molecule is O=C(Nc1ccc(N2CCCC2)nc1)C1CCC2NNNC2C1. The molecule has 1 aromatic heterocycles. The van der Waals surface area contributed by atoms with Crippen LogP contribution < -0.4 is 26.6 Å². The summed E-state index contributed by atoms with van der Waals surface area (Å²) in [7, 11) is 0. The van der Waals surface area contributed by atoms with Crippen molar-refractivity contribution < 1.29 is 4.79 Å². The fourth-order valence-electron chi connectivity index (χ4n) is 3.81. The second-order valence-electron chi connectivity index (χ2n) is 6.73. The molecular formula is C16H24N6O. The van der Waals surface area contributed by atoms with Gasteiger partial charge in [0.15, 0.2) is 0 Å². The molecule has 0 bridgehead atoms. The summed E-state index contributed by atoms with van der Waals surface area (Å²) in [5.74, 6) is 1.17. The number of carbonyl (C=O) groups excluding carboxylic acids is 1. The van der Waals surface area contributed by atoms with Crippen molar-refractivity contribution in [3.05, 3.63) is 18.3 Å². The van der Waals surface area contributed by atoms with Gasteiger partial charge in [0, 0.05) is 31.1 Å². The zero-order valence-electron chi connectivity index (χ0n) is 13.2. The first-order valence-electron chi connectivity index (χ1n) is 8.57. The second kappa shape index (κ2) is 6.43. The van der Waals surface area contributed by atoms with Crippen LogP contribution in [-0.4, -0.2) is 36.1 Å². The number of rotatable bonds is 3. The van der Waals surface area contributed by atoms with Crippen molar-refractivity contribution >= 4 is 17.4 Å². The summed E-state index contributed by atoms with van der Waals surface area (Å²) in [6, 6.07) is 4.72. The summed E-state index contributed by atoms with van der Waals surface area (Å²) < 4.78 is 0. The molecule has 3 fully saturated rings. The molecule has 4 rings (SSSR count). The highest BCUT2D eigenvalue weighted by molar-refractivity contribution is 5.92. The highest BCUT2D eigenvalue weighted by Crippen LogP contribution is 2.27. The number of fused-ring (bicyclic) bond motifs is 1. The first kappa shape index (κ1) is 14.9. The molecule has 7 nitrogen and oxygen atoms in total. The van der Waals surface area contributed by atoms with Crippen molar-refractivity contribution in [3.63, 3.8) is 0 Å². The van der Waals surface area contributed by atoms with Crippen LogP contribution in [0.3, 0.4) is 0 Å². The molecule has 0 radical (unpaired) electrons. The summed E-state index contributed by atoms with van der Waals surface area (Å²) in [5, 5.41) is 3.02. The number of hydrogen-bond donors (Lipinski definition) is 4. The minimum atomic E-state index is 0.0590. The smallest absolute Gasteiger partial charge is 0.227 e. The Morgan fingerprint density at radius 2 is 2.00 bits per heavy atom. The van der Waals surface area contributed by atoms with E-state index in [2.05, 4.69) is 31.6 Å². The van der Waals surface area contributed by atoms with Crippen molar-refractivity contribution in [3.8, 4) is 0 Å². The molecule has 1 aromatic rings. The lowest BCUT2D eigenvalue weighted by Crippen LogP contribution is -2.42. The predicted octanol–water partition coefficient (Wildman–Crippen LogP) is 0.770. The minimum absolute atomic E-state index is 0.0590. The number of anilines is 2. The molecule has 1 saturated carbocycles. The molecule has 23 heavy (non-hydrogen) atoms. The zero-order chi connectivity index (χ0) is 15.6. The van der Waals surface area contributed by atoms with E-state index in [1.54, 1.807) is 6.20 Å². The number of hydrogen-bond acceptors (Lipinski definition) is 6. The lowest BCUT2D eigenvalue weighted by Gasteiger charge is -2.29. The molecular weight excluding hydrogens is 292 g/mol. The number of aromatic nitrogens is 1. The Morgan fingerprint density at radius 1 is 1.17 bits per heavy atom. The van der Waals surface area contributed by atoms with E-state index in [0.29, 0.717) is 12.1 Å². The molecule has 124 valence electrons. The highest BCUT2D eigenvalue weighted by atomic mass is 16.1. The van der Waals surface area contributed by atoms with Gasteiger partial charge in [0.05, 0.1) is 11.9 Å². The van der Waals surface area contributed by atoms with Gasteiger partial charge >= 0.3 is 0 Å². The van der Waals surface area contributed by atoms with Crippen LogP contribution in [0.5, 0.6) is 0 Å². The zero-order valence-corrected chi connectivity index (χ0v) is 13.2. The Balaban J connectivity index is 1.34. The molecule has 3 aliphatic rings. The summed E-state index contributed by atoms with van der Waals surface area (Å²) in [5.41, 5.74) is 10.1. The Kier molecular flexibility index (Phi) is 4.15. The Bertz CT molecular complexity index is 556. The van der Waals surface area contributed by atoms with Gasteiger partial charge in [-0.3, -0.25) is 4.79 Å². The van der Waals surface area contributed by atoms with Crippen molar-refractivity contribution in [1.29, 1.82) is 0 Å². The van der Waals surface area contributed by atoms with E-state index in [1.807, 2.05) is 12.1 Å².